The third-order valence-electron chi connectivity index (χ3n) is 1.31. The van der Waals surface area contributed by atoms with E-state index < -0.39 is 9.84 Å². The lowest BCUT2D eigenvalue weighted by Crippen LogP contribution is -2.13. The van der Waals surface area contributed by atoms with E-state index in [2.05, 4.69) is 0 Å². The van der Waals surface area contributed by atoms with Gasteiger partial charge in [0.05, 0.1) is 5.25 Å². The molecule has 0 heterocycles. The van der Waals surface area contributed by atoms with Crippen LogP contribution in [0, 0.1) is 0 Å². The van der Waals surface area contributed by atoms with E-state index in [1.807, 2.05) is 6.92 Å². The average Bonchev–Trinajstić information content (AvgIpc) is 1.62. The summed E-state index contributed by atoms with van der Waals surface area (Å²) in [6, 6.07) is 0. The van der Waals surface area contributed by atoms with Gasteiger partial charge in [0.25, 0.3) is 0 Å². The Morgan fingerprint density at radius 3 is 1.88 bits per heavy atom. The van der Waals surface area contributed by atoms with E-state index in [1.54, 1.807) is 6.92 Å². The highest BCUT2D eigenvalue weighted by Gasteiger charge is 2.10. The van der Waals surface area contributed by atoms with Crippen LogP contribution in [-0.4, -0.2) is 19.9 Å². The fraction of sp³-hybridized carbons (Fsp3) is 1.00. The molecule has 2 nitrogen and oxygen atoms in total. The highest BCUT2D eigenvalue weighted by atomic mass is 32.2. The van der Waals surface area contributed by atoms with Gasteiger partial charge in [-0.15, -0.1) is 0 Å². The zero-order valence-corrected chi connectivity index (χ0v) is 6.33. The van der Waals surface area contributed by atoms with E-state index >= 15 is 0 Å². The summed E-state index contributed by atoms with van der Waals surface area (Å²) in [5, 5.41) is -0.178. The highest BCUT2D eigenvalue weighted by molar-refractivity contribution is 7.91. The first-order chi connectivity index (χ1) is 3.48. The SMILES string of the molecule is CCC(C)S(C)(=O)=O. The molecule has 0 spiro atoms. The molecule has 50 valence electrons. The lowest BCUT2D eigenvalue weighted by Gasteiger charge is -2.02. The molecule has 1 unspecified atom stereocenters. The minimum Gasteiger partial charge on any atom is -0.229 e. The molecule has 0 rings (SSSR count). The Morgan fingerprint density at radius 2 is 1.88 bits per heavy atom. The standard InChI is InChI=1S/C5H12O2S/c1-4-5(2)8(3,6)7/h5H,4H2,1-3H3. The second-order valence-corrected chi connectivity index (χ2v) is 4.51. The first kappa shape index (κ1) is 7.95. The van der Waals surface area contributed by atoms with Gasteiger partial charge in [-0.3, -0.25) is 0 Å². The van der Waals surface area contributed by atoms with E-state index in [-0.39, 0.29) is 5.25 Å². The molecule has 1 atom stereocenters. The van der Waals surface area contributed by atoms with E-state index in [0.717, 1.165) is 0 Å². The van der Waals surface area contributed by atoms with Crippen molar-refractivity contribution in [2.24, 2.45) is 0 Å². The first-order valence-corrected chi connectivity index (χ1v) is 4.62. The van der Waals surface area contributed by atoms with Crippen LogP contribution in [0.25, 0.3) is 0 Å². The van der Waals surface area contributed by atoms with Crippen LogP contribution < -0.4 is 0 Å². The van der Waals surface area contributed by atoms with Crippen molar-refractivity contribution in [1.29, 1.82) is 0 Å². The molecule has 0 aliphatic heterocycles. The number of sulfone groups is 1. The fourth-order valence-electron chi connectivity index (χ4n) is 0.303. The lowest BCUT2D eigenvalue weighted by atomic mass is 10.4. The van der Waals surface area contributed by atoms with E-state index in [0.29, 0.717) is 6.42 Å². The molecule has 3 heteroatoms. The Hall–Kier alpha value is -0.0500. The summed E-state index contributed by atoms with van der Waals surface area (Å²) in [5.74, 6) is 0. The van der Waals surface area contributed by atoms with Crippen molar-refractivity contribution in [2.45, 2.75) is 25.5 Å². The predicted molar refractivity (Wildman–Crippen MR) is 34.6 cm³/mol. The molecular weight excluding hydrogens is 124 g/mol. The third kappa shape index (κ3) is 2.31. The molecule has 0 saturated heterocycles. The van der Waals surface area contributed by atoms with E-state index in [9.17, 15) is 8.42 Å². The van der Waals surface area contributed by atoms with Crippen LogP contribution in [0.5, 0.6) is 0 Å². The van der Waals surface area contributed by atoms with Gasteiger partial charge < -0.3 is 0 Å². The van der Waals surface area contributed by atoms with E-state index in [4.69, 9.17) is 0 Å². The Bertz CT molecular complexity index is 146. The maximum atomic E-state index is 10.6. The van der Waals surface area contributed by atoms with Crippen molar-refractivity contribution in [3.05, 3.63) is 0 Å². The van der Waals surface area contributed by atoms with Gasteiger partial charge >= 0.3 is 0 Å². The van der Waals surface area contributed by atoms with E-state index in [1.165, 1.54) is 6.26 Å². The van der Waals surface area contributed by atoms with Crippen LogP contribution in [0.4, 0.5) is 0 Å². The highest BCUT2D eigenvalue weighted by Crippen LogP contribution is 2.00. The van der Waals surface area contributed by atoms with Crippen molar-refractivity contribution >= 4 is 9.84 Å². The molecule has 0 fully saturated rings. The summed E-state index contributed by atoms with van der Waals surface area (Å²) in [4.78, 5) is 0. The second kappa shape index (κ2) is 2.49. The lowest BCUT2D eigenvalue weighted by molar-refractivity contribution is 0.587. The van der Waals surface area contributed by atoms with Gasteiger partial charge in [-0.05, 0) is 13.3 Å². The molecule has 0 aliphatic carbocycles. The van der Waals surface area contributed by atoms with Crippen LogP contribution >= 0.6 is 0 Å². The maximum Gasteiger partial charge on any atom is 0.150 e. The summed E-state index contributed by atoms with van der Waals surface area (Å²) < 4.78 is 21.1. The van der Waals surface area contributed by atoms with Crippen LogP contribution in [0.3, 0.4) is 0 Å². The predicted octanol–water partition coefficient (Wildman–Crippen LogP) is 0.830. The van der Waals surface area contributed by atoms with Gasteiger partial charge in [0.15, 0.2) is 0 Å². The zero-order chi connectivity index (χ0) is 6.78. The van der Waals surface area contributed by atoms with Gasteiger partial charge in [0.1, 0.15) is 9.84 Å². The average molecular weight is 136 g/mol. The van der Waals surface area contributed by atoms with Crippen LogP contribution in [0.2, 0.25) is 0 Å². The van der Waals surface area contributed by atoms with Gasteiger partial charge in [-0.2, -0.15) is 0 Å². The van der Waals surface area contributed by atoms with Gasteiger partial charge in [-0.1, -0.05) is 6.92 Å². The Balaban J connectivity index is 4.04. The monoisotopic (exact) mass is 136 g/mol. The molecule has 0 aromatic rings. The summed E-state index contributed by atoms with van der Waals surface area (Å²) in [5.41, 5.74) is 0. The number of hydrogen-bond acceptors (Lipinski definition) is 2. The van der Waals surface area contributed by atoms with Crippen molar-refractivity contribution in [1.82, 2.24) is 0 Å². The molecule has 0 bridgehead atoms. The number of rotatable bonds is 2. The molecule has 0 aromatic heterocycles. The smallest absolute Gasteiger partial charge is 0.150 e. The molecule has 0 saturated carbocycles. The summed E-state index contributed by atoms with van der Waals surface area (Å²) in [7, 11) is -2.75. The third-order valence-corrected chi connectivity index (χ3v) is 3.10. The Kier molecular flexibility index (Phi) is 2.47. The Labute approximate surface area is 50.8 Å². The van der Waals surface area contributed by atoms with Crippen molar-refractivity contribution < 1.29 is 8.42 Å². The summed E-state index contributed by atoms with van der Waals surface area (Å²) in [6.45, 7) is 3.58. The van der Waals surface area contributed by atoms with Crippen molar-refractivity contribution in [2.75, 3.05) is 6.26 Å². The quantitative estimate of drug-likeness (QED) is 0.563. The molecule has 0 aliphatic rings. The minimum atomic E-state index is -2.75. The largest absolute Gasteiger partial charge is 0.229 e. The molecule has 0 amide bonds. The molecule has 0 radical (unpaired) electrons. The molecule has 0 aromatic carbocycles. The number of hydrogen-bond donors (Lipinski definition) is 0. The van der Waals surface area contributed by atoms with Crippen LogP contribution in [-0.2, 0) is 9.84 Å². The van der Waals surface area contributed by atoms with Gasteiger partial charge in [0, 0.05) is 6.26 Å². The van der Waals surface area contributed by atoms with Crippen LogP contribution in [0.15, 0.2) is 0 Å². The first-order valence-electron chi connectivity index (χ1n) is 2.67. The minimum absolute atomic E-state index is 0.178. The van der Waals surface area contributed by atoms with Crippen molar-refractivity contribution in [3.63, 3.8) is 0 Å². The molecule has 8 heavy (non-hydrogen) atoms. The molecular formula is C5H12O2S. The van der Waals surface area contributed by atoms with Gasteiger partial charge in [0.2, 0.25) is 0 Å². The van der Waals surface area contributed by atoms with Gasteiger partial charge in [-0.25, -0.2) is 8.42 Å². The summed E-state index contributed by atoms with van der Waals surface area (Å²) in [6.07, 6.45) is 1.97. The Morgan fingerprint density at radius 1 is 1.50 bits per heavy atom. The normalized spacial score (nSPS) is 15.9. The fourth-order valence-corrected chi connectivity index (χ4v) is 0.908. The van der Waals surface area contributed by atoms with Crippen LogP contribution in [0.1, 0.15) is 20.3 Å². The van der Waals surface area contributed by atoms with Crippen molar-refractivity contribution in [3.8, 4) is 0 Å². The topological polar surface area (TPSA) is 34.1 Å². The zero-order valence-electron chi connectivity index (χ0n) is 5.51. The molecule has 0 N–H and O–H groups in total. The summed E-state index contributed by atoms with van der Waals surface area (Å²) >= 11 is 0. The second-order valence-electron chi connectivity index (χ2n) is 2.05. The maximum absolute atomic E-state index is 10.6.